The molecule has 4 N–H and O–H groups in total. The van der Waals surface area contributed by atoms with Crippen LogP contribution >= 0.6 is 0 Å². The SMILES string of the molecule is CC/C=C\C/C=C\C/C=C\C/C=C\C/C=C\CCCCCCCCCCCCOCC(COC1OC(CO)C(O)C(OS(=O)(=O)O)C1O)OC(=O)CCCCCC/C=C\C/C=C\C/C=C\C/C=C\CC. The number of aliphatic hydroxyl groups excluding tert-OH is 3. The molecule has 0 amide bonds. The van der Waals surface area contributed by atoms with E-state index in [1.807, 2.05) is 0 Å². The van der Waals surface area contributed by atoms with Crippen molar-refractivity contribution in [2.75, 3.05) is 26.4 Å². The van der Waals surface area contributed by atoms with Crippen LogP contribution in [0.25, 0.3) is 0 Å². The minimum absolute atomic E-state index is 0.0154. The first-order valence-corrected chi connectivity index (χ1v) is 28.0. The monoisotopic (exact) mass is 1000 g/mol. The summed E-state index contributed by atoms with van der Waals surface area (Å²) in [7, 11) is -5.08. The molecule has 1 aliphatic heterocycles. The number of unbranched alkanes of at least 4 members (excludes halogenated alkanes) is 14. The second kappa shape index (κ2) is 46.8. The van der Waals surface area contributed by atoms with Crippen LogP contribution in [0.3, 0.4) is 0 Å². The van der Waals surface area contributed by atoms with Gasteiger partial charge in [-0.15, -0.1) is 0 Å². The highest BCUT2D eigenvalue weighted by Gasteiger charge is 2.48. The fraction of sp³-hybridized carbons (Fsp3) is 0.667. The van der Waals surface area contributed by atoms with Crippen LogP contribution in [-0.4, -0.2) is 97.5 Å². The molecule has 70 heavy (non-hydrogen) atoms. The fourth-order valence-corrected chi connectivity index (χ4v) is 7.96. The van der Waals surface area contributed by atoms with Gasteiger partial charge in [-0.05, 0) is 96.3 Å². The Hall–Kier alpha value is -3.24. The third-order valence-electron chi connectivity index (χ3n) is 11.4. The normalized spacial score (nSPS) is 20.0. The molecule has 13 heteroatoms. The summed E-state index contributed by atoms with van der Waals surface area (Å²) in [6.07, 6.45) is 56.9. The molecule has 6 unspecified atom stereocenters. The topological polar surface area (TPSA) is 178 Å². The Morgan fingerprint density at radius 3 is 1.37 bits per heavy atom. The van der Waals surface area contributed by atoms with Gasteiger partial charge in [-0.3, -0.25) is 9.35 Å². The first-order chi connectivity index (χ1) is 34.1. The van der Waals surface area contributed by atoms with E-state index in [0.717, 1.165) is 109 Å². The minimum Gasteiger partial charge on any atom is -0.457 e. The lowest BCUT2D eigenvalue weighted by Crippen LogP contribution is -2.60. The zero-order valence-electron chi connectivity index (χ0n) is 43.0. The van der Waals surface area contributed by atoms with Crippen LogP contribution in [0, 0.1) is 0 Å². The van der Waals surface area contributed by atoms with Crippen molar-refractivity contribution in [1.82, 2.24) is 0 Å². The average Bonchev–Trinajstić information content (AvgIpc) is 3.34. The molecule has 1 heterocycles. The summed E-state index contributed by atoms with van der Waals surface area (Å²) >= 11 is 0. The first-order valence-electron chi connectivity index (χ1n) is 26.6. The van der Waals surface area contributed by atoms with Crippen LogP contribution in [-0.2, 0) is 38.3 Å². The van der Waals surface area contributed by atoms with Gasteiger partial charge in [0.2, 0.25) is 0 Å². The highest BCUT2D eigenvalue weighted by atomic mass is 32.3. The van der Waals surface area contributed by atoms with Crippen molar-refractivity contribution in [3.05, 3.63) is 109 Å². The van der Waals surface area contributed by atoms with Crippen molar-refractivity contribution in [1.29, 1.82) is 0 Å². The molecular weight excluding hydrogens is 909 g/mol. The quantitative estimate of drug-likeness (QED) is 0.0197. The van der Waals surface area contributed by atoms with Crippen molar-refractivity contribution in [2.45, 2.75) is 218 Å². The van der Waals surface area contributed by atoms with E-state index in [9.17, 15) is 33.1 Å². The van der Waals surface area contributed by atoms with Crippen LogP contribution in [0.2, 0.25) is 0 Å². The van der Waals surface area contributed by atoms with Crippen molar-refractivity contribution in [3.63, 3.8) is 0 Å². The molecule has 0 aromatic heterocycles. The molecule has 1 saturated heterocycles. The third-order valence-corrected chi connectivity index (χ3v) is 11.9. The molecule has 400 valence electrons. The zero-order valence-corrected chi connectivity index (χ0v) is 43.8. The van der Waals surface area contributed by atoms with Gasteiger partial charge < -0.3 is 34.3 Å². The number of carbonyl (C=O) groups is 1. The van der Waals surface area contributed by atoms with E-state index in [2.05, 4.69) is 127 Å². The zero-order chi connectivity index (χ0) is 51.0. The van der Waals surface area contributed by atoms with Crippen molar-refractivity contribution in [3.8, 4) is 0 Å². The molecule has 1 fully saturated rings. The van der Waals surface area contributed by atoms with Crippen LogP contribution in [0.5, 0.6) is 0 Å². The molecule has 0 saturated carbocycles. The van der Waals surface area contributed by atoms with E-state index < -0.39 is 59.8 Å². The molecule has 0 aromatic rings. The second-order valence-electron chi connectivity index (χ2n) is 17.7. The third kappa shape index (κ3) is 39.4. The number of aliphatic hydroxyl groups is 3. The average molecular weight is 1000 g/mol. The Bertz CT molecular complexity index is 1630. The van der Waals surface area contributed by atoms with Gasteiger partial charge in [-0.25, -0.2) is 4.18 Å². The Balaban J connectivity index is 2.35. The summed E-state index contributed by atoms with van der Waals surface area (Å²) in [5, 5.41) is 30.8. The molecule has 0 aromatic carbocycles. The lowest BCUT2D eigenvalue weighted by Gasteiger charge is -2.41. The molecule has 0 bridgehead atoms. The van der Waals surface area contributed by atoms with E-state index >= 15 is 0 Å². The molecule has 6 atom stereocenters. The Kier molecular flexibility index (Phi) is 43.3. The highest BCUT2D eigenvalue weighted by Crippen LogP contribution is 2.26. The van der Waals surface area contributed by atoms with E-state index in [-0.39, 0.29) is 19.6 Å². The number of rotatable bonds is 45. The van der Waals surface area contributed by atoms with Crippen molar-refractivity contribution in [2.24, 2.45) is 0 Å². The number of hydrogen-bond acceptors (Lipinski definition) is 11. The summed E-state index contributed by atoms with van der Waals surface area (Å²) in [5.74, 6) is -0.428. The molecule has 0 spiro atoms. The van der Waals surface area contributed by atoms with E-state index in [1.54, 1.807) is 0 Å². The molecule has 12 nitrogen and oxygen atoms in total. The standard InChI is InChI=1S/C57H94O12S/c1-3-5-7-9-11-13-15-17-19-21-22-23-24-25-26-27-28-29-31-33-35-37-39-41-43-45-47-65-49-51(50-66-57-55(61)56(69-70(62,63)64)54(60)52(48-58)68-57)67-53(59)46-44-42-40-38-36-34-32-30-20-18-16-14-12-10-8-6-4-2/h5-8,11-14,17-20,22-23,25-26,32,34,51-52,54-58,60-61H,3-4,9-10,15-16,21,24,27-31,33,35-50H2,1-2H3,(H,62,63,64)/b7-5-,8-6-,13-11-,14-12-,19-17-,20-18-,23-22-,26-25-,34-32-. The predicted molar refractivity (Wildman–Crippen MR) is 284 cm³/mol. The van der Waals surface area contributed by atoms with Gasteiger partial charge in [-0.1, -0.05) is 187 Å². The van der Waals surface area contributed by atoms with Crippen molar-refractivity contribution < 1.29 is 56.2 Å². The molecular formula is C57H94O12S. The minimum atomic E-state index is -5.08. The first kappa shape index (κ1) is 64.8. The smallest absolute Gasteiger partial charge is 0.397 e. The van der Waals surface area contributed by atoms with E-state index in [1.165, 1.54) is 44.9 Å². The summed E-state index contributed by atoms with van der Waals surface area (Å²) < 4.78 is 59.3. The van der Waals surface area contributed by atoms with Gasteiger partial charge >= 0.3 is 16.4 Å². The maximum atomic E-state index is 12.9. The van der Waals surface area contributed by atoms with Gasteiger partial charge in [0.25, 0.3) is 0 Å². The van der Waals surface area contributed by atoms with Crippen LogP contribution in [0.4, 0.5) is 0 Å². The van der Waals surface area contributed by atoms with Gasteiger partial charge in [0.15, 0.2) is 6.29 Å². The molecule has 1 rings (SSSR count). The van der Waals surface area contributed by atoms with Gasteiger partial charge in [0.1, 0.15) is 30.5 Å². The lowest BCUT2D eigenvalue weighted by molar-refractivity contribution is -0.301. The maximum Gasteiger partial charge on any atom is 0.397 e. The number of esters is 1. The summed E-state index contributed by atoms with van der Waals surface area (Å²) in [6, 6.07) is 0. The summed E-state index contributed by atoms with van der Waals surface area (Å²) in [5.41, 5.74) is 0. The summed E-state index contributed by atoms with van der Waals surface area (Å²) in [4.78, 5) is 12.9. The Labute approximate surface area is 424 Å². The van der Waals surface area contributed by atoms with Gasteiger partial charge in [-0.2, -0.15) is 8.42 Å². The van der Waals surface area contributed by atoms with Gasteiger partial charge in [0, 0.05) is 13.0 Å². The van der Waals surface area contributed by atoms with E-state index in [4.69, 9.17) is 18.9 Å². The number of allylic oxidation sites excluding steroid dienone is 18. The Morgan fingerprint density at radius 2 is 0.943 bits per heavy atom. The Morgan fingerprint density at radius 1 is 0.543 bits per heavy atom. The van der Waals surface area contributed by atoms with Crippen LogP contribution < -0.4 is 0 Å². The molecule has 0 radical (unpaired) electrons. The van der Waals surface area contributed by atoms with Gasteiger partial charge in [0.05, 0.1) is 19.8 Å². The number of hydrogen-bond donors (Lipinski definition) is 4. The summed E-state index contributed by atoms with van der Waals surface area (Å²) in [6.45, 7) is 3.71. The maximum absolute atomic E-state index is 12.9. The van der Waals surface area contributed by atoms with Crippen molar-refractivity contribution >= 4 is 16.4 Å². The number of carbonyl (C=O) groups excluding carboxylic acids is 1. The van der Waals surface area contributed by atoms with Crippen LogP contribution in [0.1, 0.15) is 181 Å². The van der Waals surface area contributed by atoms with Crippen LogP contribution in [0.15, 0.2) is 109 Å². The molecule has 0 aliphatic carbocycles. The fourth-order valence-electron chi connectivity index (χ4n) is 7.45. The predicted octanol–water partition coefficient (Wildman–Crippen LogP) is 12.7. The second-order valence-corrected chi connectivity index (χ2v) is 18.7. The largest absolute Gasteiger partial charge is 0.457 e. The highest BCUT2D eigenvalue weighted by molar-refractivity contribution is 7.80. The molecule has 1 aliphatic rings. The van der Waals surface area contributed by atoms with E-state index in [0.29, 0.717) is 13.0 Å². The number of ether oxygens (including phenoxy) is 4. The lowest BCUT2D eigenvalue weighted by atomic mass is 9.99.